The van der Waals surface area contributed by atoms with E-state index in [2.05, 4.69) is 20.8 Å². The fourth-order valence-corrected chi connectivity index (χ4v) is 0.375. The third-order valence-corrected chi connectivity index (χ3v) is 0.780. The van der Waals surface area contributed by atoms with Crippen molar-refractivity contribution in [1.82, 2.24) is 0 Å². The van der Waals surface area contributed by atoms with Gasteiger partial charge in [-0.1, -0.05) is 26.2 Å². The van der Waals surface area contributed by atoms with Gasteiger partial charge < -0.3 is 19.6 Å². The molecule has 11 heavy (non-hydrogen) atoms. The van der Waals surface area contributed by atoms with Gasteiger partial charge in [-0.2, -0.15) is 20.4 Å². The van der Waals surface area contributed by atoms with Gasteiger partial charge in [0.05, 0.1) is 0 Å². The smallest absolute Gasteiger partial charge is 0.677 e. The van der Waals surface area contributed by atoms with Crippen LogP contribution in [-0.4, -0.2) is 6.54 Å². The van der Waals surface area contributed by atoms with Crippen LogP contribution in [0.4, 0.5) is 0 Å². The predicted octanol–water partition coefficient (Wildman–Crippen LogP) is 3.91. The Labute approximate surface area is 92.3 Å². The van der Waals surface area contributed by atoms with Crippen LogP contribution >= 0.6 is 0 Å². The van der Waals surface area contributed by atoms with E-state index in [9.17, 15) is 0 Å². The number of nitrogens with one attached hydrogen (secondary N) is 1. The van der Waals surface area contributed by atoms with E-state index in [1.165, 1.54) is 12.8 Å². The second kappa shape index (κ2) is 44.8. The predicted molar refractivity (Wildman–Crippen MR) is 50.8 cm³/mol. The zero-order valence-corrected chi connectivity index (χ0v) is 10.7. The maximum absolute atomic E-state index is 6.71. The van der Waals surface area contributed by atoms with Gasteiger partial charge in [-0.15, -0.1) is 0 Å². The van der Waals surface area contributed by atoms with Crippen molar-refractivity contribution in [2.75, 3.05) is 6.54 Å². The Balaban J connectivity index is -0.0000000428. The van der Waals surface area contributed by atoms with E-state index in [-0.39, 0.29) is 26.2 Å². The Morgan fingerprint density at radius 2 is 1.36 bits per heavy atom. The monoisotopic (exact) mass is 234 g/mol. The Morgan fingerprint density at radius 3 is 1.45 bits per heavy atom. The van der Waals surface area contributed by atoms with Gasteiger partial charge in [0.25, 0.3) is 0 Å². The minimum absolute atomic E-state index is 0. The first-order chi connectivity index (χ1) is 4.91. The average molecular weight is 236 g/mol. The van der Waals surface area contributed by atoms with Crippen molar-refractivity contribution >= 4 is 0 Å². The fraction of sp³-hybridized carbons (Fsp3) is 0.778. The van der Waals surface area contributed by atoms with E-state index >= 15 is 0 Å². The van der Waals surface area contributed by atoms with Crippen LogP contribution in [0.15, 0.2) is 0 Å². The van der Waals surface area contributed by atoms with Crippen molar-refractivity contribution in [1.29, 1.82) is 0 Å². The van der Waals surface area contributed by atoms with E-state index in [1.807, 2.05) is 0 Å². The molecule has 0 aliphatic rings. The van der Waals surface area contributed by atoms with Crippen molar-refractivity contribution < 1.29 is 26.2 Å². The van der Waals surface area contributed by atoms with Crippen LogP contribution in [0.5, 0.6) is 0 Å². The summed E-state index contributed by atoms with van der Waals surface area (Å²) in [5, 5.41) is 0. The van der Waals surface area contributed by atoms with Crippen LogP contribution < -0.4 is 0 Å². The van der Waals surface area contributed by atoms with E-state index in [4.69, 9.17) is 5.73 Å². The molecule has 1 nitrogen and oxygen atoms in total. The largest absolute Gasteiger partial charge is 3.00 e. The van der Waals surface area contributed by atoms with Crippen molar-refractivity contribution in [2.24, 2.45) is 0 Å². The summed E-state index contributed by atoms with van der Waals surface area (Å²) in [5.41, 5.74) is 6.71. The van der Waals surface area contributed by atoms with E-state index in [0.717, 1.165) is 6.42 Å². The topological polar surface area (TPSA) is 23.8 Å². The van der Waals surface area contributed by atoms with E-state index < -0.39 is 0 Å². The molecule has 0 fully saturated rings. The number of hydrogen-bond acceptors (Lipinski definition) is 0. The second-order valence-corrected chi connectivity index (χ2v) is 1.46. The van der Waals surface area contributed by atoms with Crippen LogP contribution in [0.1, 0.15) is 40.0 Å². The summed E-state index contributed by atoms with van der Waals surface area (Å²) in [5.74, 6) is 0. The summed E-state index contributed by atoms with van der Waals surface area (Å²) >= 11 is 0. The molecule has 1 radical (unpaired) electrons. The van der Waals surface area contributed by atoms with Gasteiger partial charge in [0, 0.05) is 0 Å². The van der Waals surface area contributed by atoms with Crippen molar-refractivity contribution in [2.45, 2.75) is 40.0 Å². The molecule has 0 aromatic heterocycles. The van der Waals surface area contributed by atoms with Crippen LogP contribution in [-0.2, 0) is 26.2 Å². The first-order valence-corrected chi connectivity index (χ1v) is 3.97. The van der Waals surface area contributed by atoms with Gasteiger partial charge in [0.1, 0.15) is 0 Å². The number of hydrogen-bond donors (Lipinski definition) is 0. The second-order valence-electron chi connectivity index (χ2n) is 1.46. The van der Waals surface area contributed by atoms with E-state index in [0.29, 0.717) is 6.54 Å². The van der Waals surface area contributed by atoms with Gasteiger partial charge >= 0.3 is 26.2 Å². The molecule has 0 spiro atoms. The SMILES string of the molecule is CCCCC[NH-].[CH2-]C.[CH2-]C.[Zr+3]. The van der Waals surface area contributed by atoms with E-state index in [1.54, 1.807) is 13.8 Å². The van der Waals surface area contributed by atoms with Gasteiger partial charge in [-0.05, 0) is 0 Å². The molecular formula is C9H22NZr. The average Bonchev–Trinajstić information content (AvgIpc) is 2.08. The molecule has 0 saturated heterocycles. The van der Waals surface area contributed by atoms with Gasteiger partial charge in [-0.3, -0.25) is 0 Å². The molecule has 0 heterocycles. The molecule has 0 bridgehead atoms. The zero-order valence-electron chi connectivity index (χ0n) is 8.24. The molecule has 0 aliphatic carbocycles. The molecule has 0 rings (SSSR count). The molecule has 1 N–H and O–H groups in total. The number of unbranched alkanes of at least 4 members (excludes halogenated alkanes) is 2. The van der Waals surface area contributed by atoms with Crippen molar-refractivity contribution in [3.05, 3.63) is 19.6 Å². The van der Waals surface area contributed by atoms with Crippen molar-refractivity contribution in [3.8, 4) is 0 Å². The normalized spacial score (nSPS) is 6.00. The molecule has 0 saturated carbocycles. The summed E-state index contributed by atoms with van der Waals surface area (Å²) in [4.78, 5) is 0. The van der Waals surface area contributed by atoms with Crippen molar-refractivity contribution in [3.63, 3.8) is 0 Å². The molecule has 67 valence electrons. The van der Waals surface area contributed by atoms with Gasteiger partial charge in [0.15, 0.2) is 0 Å². The maximum atomic E-state index is 6.71. The fourth-order valence-electron chi connectivity index (χ4n) is 0.375. The third kappa shape index (κ3) is 57.4. The summed E-state index contributed by atoms with van der Waals surface area (Å²) in [6.07, 6.45) is 3.54. The first kappa shape index (κ1) is 22.6. The first-order valence-electron chi connectivity index (χ1n) is 3.97. The Hall–Kier alpha value is 0.843. The third-order valence-electron chi connectivity index (χ3n) is 0.780. The molecular weight excluding hydrogens is 213 g/mol. The molecule has 0 aliphatic heterocycles. The summed E-state index contributed by atoms with van der Waals surface area (Å²) in [7, 11) is 0. The van der Waals surface area contributed by atoms with Gasteiger partial charge in [0.2, 0.25) is 0 Å². The minimum Gasteiger partial charge on any atom is -0.677 e. The molecule has 2 heteroatoms. The maximum Gasteiger partial charge on any atom is 3.00 e. The standard InChI is InChI=1S/C5H12N.2C2H5.Zr/c1-2-3-4-5-6;2*1-2;/h6H,2-5H2,1H3;2*1H2,2H3;/q3*-1;+3. The quantitative estimate of drug-likeness (QED) is 0.523. The minimum atomic E-state index is 0. The molecule has 0 unspecified atom stereocenters. The van der Waals surface area contributed by atoms with Crippen LogP contribution in [0, 0.1) is 13.8 Å². The summed E-state index contributed by atoms with van der Waals surface area (Å²) in [6, 6.07) is 0. The summed E-state index contributed by atoms with van der Waals surface area (Å²) < 4.78 is 0. The van der Waals surface area contributed by atoms with Crippen LogP contribution in [0.2, 0.25) is 0 Å². The molecule has 0 amide bonds. The number of rotatable bonds is 3. The Kier molecular flexibility index (Phi) is 92.2. The Morgan fingerprint density at radius 1 is 1.00 bits per heavy atom. The Bertz CT molecular complexity index is 21.5. The van der Waals surface area contributed by atoms with Gasteiger partial charge in [-0.25, -0.2) is 0 Å². The van der Waals surface area contributed by atoms with Crippen LogP contribution in [0.25, 0.3) is 5.73 Å². The molecule has 0 atom stereocenters. The molecule has 0 aromatic carbocycles. The zero-order chi connectivity index (χ0) is 8.83. The van der Waals surface area contributed by atoms with Crippen LogP contribution in [0.3, 0.4) is 0 Å². The summed E-state index contributed by atoms with van der Waals surface area (Å²) in [6.45, 7) is 12.8. The molecule has 0 aromatic rings.